The van der Waals surface area contributed by atoms with Crippen molar-refractivity contribution in [2.24, 2.45) is 0 Å². The van der Waals surface area contributed by atoms with E-state index < -0.39 is 16.0 Å². The van der Waals surface area contributed by atoms with Gasteiger partial charge in [-0.25, -0.2) is 0 Å². The SMILES string of the molecule is Cc1ccc2c(c1)cc(C1CCCCCC1)[s+]2C(F)(F)F.Cl. The summed E-state index contributed by atoms with van der Waals surface area (Å²) in [6.45, 7) is 1.93. The fourth-order valence-electron chi connectivity index (χ4n) is 3.41. The van der Waals surface area contributed by atoms with Crippen LogP contribution in [0.5, 0.6) is 0 Å². The molecule has 5 heteroatoms. The summed E-state index contributed by atoms with van der Waals surface area (Å²) in [6, 6.07) is 7.22. The van der Waals surface area contributed by atoms with E-state index in [1.807, 2.05) is 19.1 Å². The normalized spacial score (nSPS) is 18.1. The van der Waals surface area contributed by atoms with Crippen LogP contribution in [0.2, 0.25) is 0 Å². The molecule has 1 atom stereocenters. The third kappa shape index (κ3) is 3.43. The Hall–Kier alpha value is -0.740. The van der Waals surface area contributed by atoms with Crippen molar-refractivity contribution in [3.05, 3.63) is 34.7 Å². The summed E-state index contributed by atoms with van der Waals surface area (Å²) in [5.74, 6) is 0.116. The van der Waals surface area contributed by atoms with Crippen molar-refractivity contribution in [3.8, 4) is 0 Å². The van der Waals surface area contributed by atoms with Gasteiger partial charge < -0.3 is 0 Å². The summed E-state index contributed by atoms with van der Waals surface area (Å²) >= 11 is 0. The van der Waals surface area contributed by atoms with E-state index in [2.05, 4.69) is 0 Å². The van der Waals surface area contributed by atoms with E-state index in [-0.39, 0.29) is 18.3 Å². The first-order valence-electron chi connectivity index (χ1n) is 7.60. The molecule has 0 nitrogen and oxygen atoms in total. The number of thiophene rings is 1. The van der Waals surface area contributed by atoms with Crippen LogP contribution in [0.3, 0.4) is 0 Å². The molecular formula is C17H21ClF3S+. The number of alkyl halides is 3. The third-order valence-corrected chi connectivity index (χ3v) is 6.60. The molecule has 0 saturated heterocycles. The summed E-state index contributed by atoms with van der Waals surface area (Å²) in [5, 5.41) is 0.787. The molecule has 1 fully saturated rings. The highest BCUT2D eigenvalue weighted by Crippen LogP contribution is 2.54. The quantitative estimate of drug-likeness (QED) is 0.376. The minimum atomic E-state index is -4.15. The lowest BCUT2D eigenvalue weighted by atomic mass is 9.98. The molecule has 0 aliphatic heterocycles. The molecule has 0 bridgehead atoms. The maximum absolute atomic E-state index is 13.6. The lowest BCUT2D eigenvalue weighted by Crippen LogP contribution is -2.02. The molecule has 1 saturated carbocycles. The van der Waals surface area contributed by atoms with Crippen LogP contribution in [0.15, 0.2) is 24.3 Å². The van der Waals surface area contributed by atoms with E-state index in [4.69, 9.17) is 0 Å². The number of halogens is 4. The van der Waals surface area contributed by atoms with Gasteiger partial charge in [0.1, 0.15) is 0 Å². The van der Waals surface area contributed by atoms with Gasteiger partial charge in [0.15, 0.2) is 9.58 Å². The van der Waals surface area contributed by atoms with E-state index in [0.29, 0.717) is 9.58 Å². The summed E-state index contributed by atoms with van der Waals surface area (Å²) in [6.07, 6.45) is 6.28. The lowest BCUT2D eigenvalue weighted by molar-refractivity contribution is -0.0868. The highest BCUT2D eigenvalue weighted by molar-refractivity contribution is 7.38. The van der Waals surface area contributed by atoms with Crippen molar-refractivity contribution in [1.82, 2.24) is 0 Å². The van der Waals surface area contributed by atoms with Gasteiger partial charge in [-0.2, -0.15) is 0 Å². The summed E-state index contributed by atoms with van der Waals surface area (Å²) in [4.78, 5) is 0.644. The van der Waals surface area contributed by atoms with E-state index in [0.717, 1.165) is 49.5 Å². The van der Waals surface area contributed by atoms with Crippen LogP contribution in [0.4, 0.5) is 13.2 Å². The Morgan fingerprint density at radius 1 is 1.00 bits per heavy atom. The highest BCUT2D eigenvalue weighted by atomic mass is 35.5. The van der Waals surface area contributed by atoms with Gasteiger partial charge in [-0.15, -0.1) is 25.6 Å². The van der Waals surface area contributed by atoms with Crippen molar-refractivity contribution < 1.29 is 13.2 Å². The summed E-state index contributed by atoms with van der Waals surface area (Å²) < 4.78 is 41.3. The number of aryl methyl sites for hydroxylation is 1. The third-order valence-electron chi connectivity index (χ3n) is 4.41. The zero-order valence-corrected chi connectivity index (χ0v) is 14.2. The number of hydrogen-bond donors (Lipinski definition) is 0. The molecule has 0 N–H and O–H groups in total. The Morgan fingerprint density at radius 3 is 2.23 bits per heavy atom. The second-order valence-electron chi connectivity index (χ2n) is 6.03. The zero-order valence-electron chi connectivity index (χ0n) is 12.6. The van der Waals surface area contributed by atoms with Crippen molar-refractivity contribution in [2.75, 3.05) is 0 Å². The Labute approximate surface area is 138 Å². The first kappa shape index (κ1) is 17.6. The number of fused-ring (bicyclic) bond motifs is 1. The molecule has 0 amide bonds. The van der Waals surface area contributed by atoms with Gasteiger partial charge in [-0.05, 0) is 31.9 Å². The monoisotopic (exact) mass is 349 g/mol. The van der Waals surface area contributed by atoms with Gasteiger partial charge in [0, 0.05) is 17.4 Å². The zero-order chi connectivity index (χ0) is 15.0. The molecule has 1 aromatic heterocycles. The second-order valence-corrected chi connectivity index (χ2v) is 8.01. The summed E-state index contributed by atoms with van der Waals surface area (Å²) in [7, 11) is -1.71. The van der Waals surface area contributed by atoms with E-state index >= 15 is 0 Å². The predicted molar refractivity (Wildman–Crippen MR) is 90.2 cm³/mol. The first-order valence-corrected chi connectivity index (χ1v) is 8.82. The first-order chi connectivity index (χ1) is 9.97. The van der Waals surface area contributed by atoms with Gasteiger partial charge in [0.05, 0.1) is 10.5 Å². The molecule has 122 valence electrons. The minimum absolute atomic E-state index is 0. The Morgan fingerprint density at radius 2 is 1.64 bits per heavy atom. The molecule has 3 rings (SSSR count). The molecule has 0 radical (unpaired) electrons. The summed E-state index contributed by atoms with van der Waals surface area (Å²) in [5.41, 5.74) is -3.13. The fraction of sp³-hybridized carbons (Fsp3) is 0.529. The number of benzene rings is 1. The second kappa shape index (κ2) is 6.79. The van der Waals surface area contributed by atoms with Gasteiger partial charge in [-0.1, -0.05) is 37.3 Å². The van der Waals surface area contributed by atoms with Gasteiger partial charge in [-0.3, -0.25) is 0 Å². The number of rotatable bonds is 1. The van der Waals surface area contributed by atoms with Crippen LogP contribution in [0.25, 0.3) is 10.1 Å². The molecular weight excluding hydrogens is 329 g/mol. The topological polar surface area (TPSA) is 0 Å². The Bertz CT molecular complexity index is 637. The van der Waals surface area contributed by atoms with E-state index in [1.165, 1.54) is 0 Å². The molecule has 1 heterocycles. The minimum Gasteiger partial charge on any atom is -0.147 e. The maximum Gasteiger partial charge on any atom is 0.600 e. The maximum atomic E-state index is 13.6. The molecule has 0 spiro atoms. The van der Waals surface area contributed by atoms with Crippen LogP contribution in [0, 0.1) is 6.92 Å². The van der Waals surface area contributed by atoms with Crippen molar-refractivity contribution in [1.29, 1.82) is 0 Å². The smallest absolute Gasteiger partial charge is 0.147 e. The molecule has 22 heavy (non-hydrogen) atoms. The van der Waals surface area contributed by atoms with E-state index in [1.54, 1.807) is 12.1 Å². The van der Waals surface area contributed by atoms with Crippen molar-refractivity contribution in [3.63, 3.8) is 0 Å². The van der Waals surface area contributed by atoms with E-state index in [9.17, 15) is 13.2 Å². The average Bonchev–Trinajstić information content (AvgIpc) is 2.59. The fourth-order valence-corrected chi connectivity index (χ4v) is 5.55. The molecule has 2 aromatic rings. The van der Waals surface area contributed by atoms with Gasteiger partial charge >= 0.3 is 5.51 Å². The van der Waals surface area contributed by atoms with Crippen LogP contribution in [-0.2, 0) is 5.51 Å². The van der Waals surface area contributed by atoms with Crippen LogP contribution < -0.4 is 0 Å². The van der Waals surface area contributed by atoms with Crippen molar-refractivity contribution in [2.45, 2.75) is 56.9 Å². The van der Waals surface area contributed by atoms with Gasteiger partial charge in [0.25, 0.3) is 0 Å². The predicted octanol–water partition coefficient (Wildman–Crippen LogP) is 7.23. The standard InChI is InChI=1S/C17H20F3S.ClH/c1-12-8-9-15-14(10-12)11-16(21(15)17(18,19)20)13-6-4-2-3-5-7-13;/h8-11,13H,2-7H2,1H3;1H/q+1;. The highest BCUT2D eigenvalue weighted by Gasteiger charge is 2.49. The van der Waals surface area contributed by atoms with Crippen molar-refractivity contribution >= 4 is 33.0 Å². The van der Waals surface area contributed by atoms with Crippen LogP contribution in [0.1, 0.15) is 54.9 Å². The molecule has 1 unspecified atom stereocenters. The average molecular weight is 350 g/mol. The molecule has 1 aliphatic rings. The Balaban J connectivity index is 0.00000176. The molecule has 1 aliphatic carbocycles. The Kier molecular flexibility index (Phi) is 5.44. The number of hydrogen-bond acceptors (Lipinski definition) is 0. The molecule has 1 aromatic carbocycles. The van der Waals surface area contributed by atoms with Gasteiger partial charge in [0.2, 0.25) is 0 Å². The largest absolute Gasteiger partial charge is 0.600 e. The van der Waals surface area contributed by atoms with Crippen LogP contribution in [-0.4, -0.2) is 0 Å². The van der Waals surface area contributed by atoms with Crippen LogP contribution >= 0.6 is 22.9 Å². The lowest BCUT2D eigenvalue weighted by Gasteiger charge is -2.10.